The van der Waals surface area contributed by atoms with Crippen LogP contribution in [0.1, 0.15) is 24.7 Å². The standard InChI is InChI=1S/C11H13N5S/c1-2-3-10-14-15-11(17)16(10)13-8-9-4-6-12-7-5-9/h4-8H,2-3H2,1H3,(H,15,17)/b13-8-. The van der Waals surface area contributed by atoms with E-state index < -0.39 is 0 Å². The Labute approximate surface area is 104 Å². The number of hydrogen-bond acceptors (Lipinski definition) is 4. The number of H-pyrrole nitrogens is 1. The second-order valence-corrected chi connectivity index (χ2v) is 3.92. The normalized spacial score (nSPS) is 11.1. The van der Waals surface area contributed by atoms with E-state index in [1.807, 2.05) is 12.1 Å². The summed E-state index contributed by atoms with van der Waals surface area (Å²) >= 11 is 5.12. The SMILES string of the molecule is CCCc1n[nH]c(=S)n1/N=C\c1ccncc1. The molecule has 0 amide bonds. The van der Waals surface area contributed by atoms with Crippen molar-refractivity contribution in [3.8, 4) is 0 Å². The molecular weight excluding hydrogens is 234 g/mol. The first kappa shape index (κ1) is 11.7. The van der Waals surface area contributed by atoms with Crippen molar-refractivity contribution >= 4 is 18.4 Å². The molecule has 0 saturated heterocycles. The van der Waals surface area contributed by atoms with Gasteiger partial charge >= 0.3 is 0 Å². The summed E-state index contributed by atoms with van der Waals surface area (Å²) in [7, 11) is 0. The van der Waals surface area contributed by atoms with Gasteiger partial charge in [0.25, 0.3) is 0 Å². The molecule has 0 aliphatic carbocycles. The lowest BCUT2D eigenvalue weighted by Crippen LogP contribution is -1.98. The van der Waals surface area contributed by atoms with Gasteiger partial charge in [0, 0.05) is 18.8 Å². The Kier molecular flexibility index (Phi) is 3.77. The second kappa shape index (κ2) is 5.49. The van der Waals surface area contributed by atoms with Crippen LogP contribution in [0, 0.1) is 4.77 Å². The Balaban J connectivity index is 2.26. The molecule has 0 spiro atoms. The predicted molar refractivity (Wildman–Crippen MR) is 68.6 cm³/mol. The molecule has 0 saturated carbocycles. The third-order valence-corrected chi connectivity index (χ3v) is 2.48. The van der Waals surface area contributed by atoms with E-state index in [9.17, 15) is 0 Å². The molecule has 5 nitrogen and oxygen atoms in total. The van der Waals surface area contributed by atoms with Crippen molar-refractivity contribution in [3.05, 3.63) is 40.7 Å². The van der Waals surface area contributed by atoms with Crippen LogP contribution in [-0.2, 0) is 6.42 Å². The van der Waals surface area contributed by atoms with Crippen molar-refractivity contribution in [2.24, 2.45) is 5.10 Å². The molecule has 17 heavy (non-hydrogen) atoms. The minimum absolute atomic E-state index is 0.513. The zero-order valence-corrected chi connectivity index (χ0v) is 10.3. The van der Waals surface area contributed by atoms with Gasteiger partial charge in [0.1, 0.15) is 0 Å². The van der Waals surface area contributed by atoms with Crippen LogP contribution in [-0.4, -0.2) is 26.1 Å². The number of nitrogens with one attached hydrogen (secondary N) is 1. The van der Waals surface area contributed by atoms with Gasteiger partial charge in [0.05, 0.1) is 6.21 Å². The Morgan fingerprint density at radius 1 is 1.47 bits per heavy atom. The van der Waals surface area contributed by atoms with Crippen LogP contribution in [0.25, 0.3) is 0 Å². The Hall–Kier alpha value is -1.82. The van der Waals surface area contributed by atoms with Gasteiger partial charge in [0.15, 0.2) is 5.82 Å². The van der Waals surface area contributed by atoms with Crippen molar-refractivity contribution in [2.45, 2.75) is 19.8 Å². The van der Waals surface area contributed by atoms with Gasteiger partial charge in [-0.1, -0.05) is 6.92 Å². The average Bonchev–Trinajstić information content (AvgIpc) is 2.70. The minimum atomic E-state index is 0.513. The quantitative estimate of drug-likeness (QED) is 0.665. The van der Waals surface area contributed by atoms with Crippen molar-refractivity contribution in [1.82, 2.24) is 19.9 Å². The summed E-state index contributed by atoms with van der Waals surface area (Å²) in [4.78, 5) is 3.95. The number of aromatic amines is 1. The van der Waals surface area contributed by atoms with Gasteiger partial charge in [-0.2, -0.15) is 14.9 Å². The molecule has 0 unspecified atom stereocenters. The summed E-state index contributed by atoms with van der Waals surface area (Å²) in [6, 6.07) is 3.76. The summed E-state index contributed by atoms with van der Waals surface area (Å²) in [6.07, 6.45) is 7.04. The van der Waals surface area contributed by atoms with Gasteiger partial charge < -0.3 is 0 Å². The first-order valence-corrected chi connectivity index (χ1v) is 5.82. The van der Waals surface area contributed by atoms with Gasteiger partial charge in [-0.15, -0.1) is 0 Å². The number of pyridine rings is 1. The van der Waals surface area contributed by atoms with Crippen LogP contribution in [0.3, 0.4) is 0 Å². The molecule has 2 rings (SSSR count). The molecule has 6 heteroatoms. The number of aryl methyl sites for hydroxylation is 1. The average molecular weight is 247 g/mol. The maximum Gasteiger partial charge on any atom is 0.216 e. The van der Waals surface area contributed by atoms with E-state index in [0.29, 0.717) is 4.77 Å². The van der Waals surface area contributed by atoms with E-state index in [-0.39, 0.29) is 0 Å². The fourth-order valence-electron chi connectivity index (χ4n) is 1.40. The van der Waals surface area contributed by atoms with Crippen LogP contribution in [0.2, 0.25) is 0 Å². The summed E-state index contributed by atoms with van der Waals surface area (Å²) in [5.41, 5.74) is 0.977. The van der Waals surface area contributed by atoms with Gasteiger partial charge in [-0.25, -0.2) is 0 Å². The van der Waals surface area contributed by atoms with Gasteiger partial charge in [-0.3, -0.25) is 10.1 Å². The third kappa shape index (κ3) is 2.85. The fraction of sp³-hybridized carbons (Fsp3) is 0.273. The molecule has 0 aliphatic rings. The summed E-state index contributed by atoms with van der Waals surface area (Å²) in [5, 5.41) is 11.2. The number of hydrogen-bond donors (Lipinski definition) is 1. The molecular formula is C11H13N5S. The van der Waals surface area contributed by atoms with Crippen molar-refractivity contribution in [2.75, 3.05) is 0 Å². The smallest absolute Gasteiger partial charge is 0.216 e. The van der Waals surface area contributed by atoms with Crippen LogP contribution >= 0.6 is 12.2 Å². The molecule has 2 aromatic rings. The number of aromatic nitrogens is 4. The molecule has 2 aromatic heterocycles. The van der Waals surface area contributed by atoms with E-state index >= 15 is 0 Å². The highest BCUT2D eigenvalue weighted by Crippen LogP contribution is 2.01. The van der Waals surface area contributed by atoms with Crippen LogP contribution in [0.15, 0.2) is 29.6 Å². The maximum atomic E-state index is 5.12. The highest BCUT2D eigenvalue weighted by Gasteiger charge is 2.02. The van der Waals surface area contributed by atoms with Gasteiger partial charge in [0.2, 0.25) is 4.77 Å². The lowest BCUT2D eigenvalue weighted by atomic mass is 10.3. The summed E-state index contributed by atoms with van der Waals surface area (Å²) in [5.74, 6) is 0.850. The molecule has 0 radical (unpaired) electrons. The lowest BCUT2D eigenvalue weighted by Gasteiger charge is -1.97. The Bertz CT molecular complexity index is 555. The first-order chi connectivity index (χ1) is 8.31. The number of nitrogens with zero attached hydrogens (tertiary/aromatic N) is 4. The third-order valence-electron chi connectivity index (χ3n) is 2.22. The molecule has 0 fully saturated rings. The minimum Gasteiger partial charge on any atom is -0.265 e. The highest BCUT2D eigenvalue weighted by atomic mass is 32.1. The maximum absolute atomic E-state index is 5.12. The zero-order chi connectivity index (χ0) is 12.1. The first-order valence-electron chi connectivity index (χ1n) is 5.42. The second-order valence-electron chi connectivity index (χ2n) is 3.53. The van der Waals surface area contributed by atoms with Crippen LogP contribution in [0.4, 0.5) is 0 Å². The van der Waals surface area contributed by atoms with E-state index in [0.717, 1.165) is 24.2 Å². The topological polar surface area (TPSA) is 58.9 Å². The van der Waals surface area contributed by atoms with Crippen LogP contribution < -0.4 is 0 Å². The highest BCUT2D eigenvalue weighted by molar-refractivity contribution is 7.71. The summed E-state index contributed by atoms with van der Waals surface area (Å²) in [6.45, 7) is 2.09. The van der Waals surface area contributed by atoms with Crippen LogP contribution in [0.5, 0.6) is 0 Å². The molecule has 1 N–H and O–H groups in total. The molecule has 2 heterocycles. The number of rotatable bonds is 4. The van der Waals surface area contributed by atoms with E-state index in [1.54, 1.807) is 23.3 Å². The fourth-order valence-corrected chi connectivity index (χ4v) is 1.60. The molecule has 0 aromatic carbocycles. The molecule has 0 aliphatic heterocycles. The van der Waals surface area contributed by atoms with Crippen molar-refractivity contribution < 1.29 is 0 Å². The van der Waals surface area contributed by atoms with Gasteiger partial charge in [-0.05, 0) is 36.3 Å². The largest absolute Gasteiger partial charge is 0.265 e. The molecule has 0 atom stereocenters. The van der Waals surface area contributed by atoms with E-state index in [2.05, 4.69) is 27.2 Å². The van der Waals surface area contributed by atoms with E-state index in [1.165, 1.54) is 0 Å². The van der Waals surface area contributed by atoms with Crippen molar-refractivity contribution in [1.29, 1.82) is 0 Å². The van der Waals surface area contributed by atoms with Crippen molar-refractivity contribution in [3.63, 3.8) is 0 Å². The molecule has 0 bridgehead atoms. The Morgan fingerprint density at radius 3 is 2.94 bits per heavy atom. The van der Waals surface area contributed by atoms with E-state index in [4.69, 9.17) is 12.2 Å². The zero-order valence-electron chi connectivity index (χ0n) is 9.50. The summed E-state index contributed by atoms with van der Waals surface area (Å²) < 4.78 is 2.16. The predicted octanol–water partition coefficient (Wildman–Crippen LogP) is 2.17. The Morgan fingerprint density at radius 2 is 2.24 bits per heavy atom. The lowest BCUT2D eigenvalue weighted by molar-refractivity contribution is 0.740. The monoisotopic (exact) mass is 247 g/mol. The molecule has 88 valence electrons.